The highest BCUT2D eigenvalue weighted by Crippen LogP contribution is 2.54. The van der Waals surface area contributed by atoms with Crippen LogP contribution >= 0.6 is 70.6 Å². The number of hydrogen-bond donors (Lipinski definition) is 0. The first-order valence-corrected chi connectivity index (χ1v) is 17.5. The molecule has 0 radical (unpaired) electrons. The molecule has 0 aliphatic carbocycles. The van der Waals surface area contributed by atoms with Crippen LogP contribution in [0.25, 0.3) is 0 Å². The second kappa shape index (κ2) is 14.8. The van der Waals surface area contributed by atoms with Crippen molar-refractivity contribution in [2.75, 3.05) is 11.5 Å². The molecule has 1 aromatic carbocycles. The molecule has 6 unspecified atom stereocenters. The van der Waals surface area contributed by atoms with E-state index in [0.29, 0.717) is 30.2 Å². The van der Waals surface area contributed by atoms with Crippen molar-refractivity contribution in [1.82, 2.24) is 0 Å². The Bertz CT molecular complexity index is 794. The molecule has 2 aliphatic heterocycles. The molecule has 2 nitrogen and oxygen atoms in total. The second-order valence-corrected chi connectivity index (χ2v) is 16.6. The maximum absolute atomic E-state index is 11.8. The summed E-state index contributed by atoms with van der Waals surface area (Å²) >= 11 is 11.1. The molecule has 0 bridgehead atoms. The summed E-state index contributed by atoms with van der Waals surface area (Å²) in [6, 6.07) is 9.18. The van der Waals surface area contributed by atoms with E-state index in [9.17, 15) is 9.59 Å². The molecule has 2 heterocycles. The van der Waals surface area contributed by atoms with Gasteiger partial charge in [0.15, 0.2) is 0 Å². The average Bonchev–Trinajstić information content (AvgIpc) is 3.53. The highest BCUT2D eigenvalue weighted by molar-refractivity contribution is 8.20. The van der Waals surface area contributed by atoms with Gasteiger partial charge >= 0.3 is 0 Å². The van der Waals surface area contributed by atoms with Crippen LogP contribution in [0.5, 0.6) is 0 Å². The lowest BCUT2D eigenvalue weighted by atomic mass is 10.1. The van der Waals surface area contributed by atoms with Crippen molar-refractivity contribution in [1.29, 1.82) is 0 Å². The molecule has 6 atom stereocenters. The van der Waals surface area contributed by atoms with Gasteiger partial charge in [0.1, 0.15) is 0 Å². The maximum atomic E-state index is 11.8. The number of benzene rings is 1. The smallest absolute Gasteiger partial charge is 0.211 e. The summed E-state index contributed by atoms with van der Waals surface area (Å²) in [5.74, 6) is 2.29. The molecule has 0 N–H and O–H groups in total. The summed E-state index contributed by atoms with van der Waals surface area (Å²) in [5.41, 5.74) is 2.84. The van der Waals surface area contributed by atoms with E-state index in [1.54, 1.807) is 0 Å². The molecule has 1 aromatic rings. The Kier molecular flexibility index (Phi) is 12.5. The molecule has 0 aromatic heterocycles. The van der Waals surface area contributed by atoms with Gasteiger partial charge in [0, 0.05) is 32.5 Å². The molecule has 3 rings (SSSR count). The standard InChI is InChI=1S/C26H34O2S6/c1-5-19(31-23(27)7-3)13-21-15-29-25(33-21)17-10-9-11-18(12-17)26-30-16-22(34-26)14-20(6-2)32-24(28)8-4/h7-12,19-22,25-26H,3-6,13-16H2,1-2H3. The number of hydrogen-bond acceptors (Lipinski definition) is 8. The lowest BCUT2D eigenvalue weighted by molar-refractivity contribution is -0.107. The van der Waals surface area contributed by atoms with Crippen molar-refractivity contribution >= 4 is 80.8 Å². The van der Waals surface area contributed by atoms with E-state index < -0.39 is 0 Å². The Hall–Kier alpha value is 0.140. The third kappa shape index (κ3) is 8.62. The topological polar surface area (TPSA) is 34.1 Å². The lowest BCUT2D eigenvalue weighted by Crippen LogP contribution is -2.13. The Morgan fingerprint density at radius 3 is 1.74 bits per heavy atom. The van der Waals surface area contributed by atoms with Crippen molar-refractivity contribution in [3.8, 4) is 0 Å². The van der Waals surface area contributed by atoms with E-state index in [1.165, 1.54) is 46.8 Å². The highest BCUT2D eigenvalue weighted by Gasteiger charge is 2.32. The van der Waals surface area contributed by atoms with Crippen molar-refractivity contribution < 1.29 is 9.59 Å². The summed E-state index contributed by atoms with van der Waals surface area (Å²) in [6.07, 6.45) is 7.06. The highest BCUT2D eigenvalue weighted by atomic mass is 32.2. The molecule has 2 aliphatic rings. The summed E-state index contributed by atoms with van der Waals surface area (Å²) in [7, 11) is 0. The van der Waals surface area contributed by atoms with Crippen LogP contribution in [0.2, 0.25) is 0 Å². The minimum Gasteiger partial charge on any atom is -0.282 e. The van der Waals surface area contributed by atoms with Gasteiger partial charge in [-0.3, -0.25) is 9.59 Å². The van der Waals surface area contributed by atoms with Gasteiger partial charge in [0.25, 0.3) is 0 Å². The van der Waals surface area contributed by atoms with Crippen LogP contribution in [0.3, 0.4) is 0 Å². The first-order chi connectivity index (χ1) is 16.4. The van der Waals surface area contributed by atoms with Crippen LogP contribution in [0, 0.1) is 0 Å². The van der Waals surface area contributed by atoms with Gasteiger partial charge < -0.3 is 0 Å². The molecule has 0 spiro atoms. The third-order valence-electron chi connectivity index (χ3n) is 5.82. The summed E-state index contributed by atoms with van der Waals surface area (Å²) in [5, 5.41) is 2.12. The molecule has 34 heavy (non-hydrogen) atoms. The summed E-state index contributed by atoms with van der Waals surface area (Å²) in [4.78, 5) is 23.5. The normalized spacial score (nSPS) is 26.2. The van der Waals surface area contributed by atoms with Crippen LogP contribution in [0.15, 0.2) is 49.6 Å². The zero-order chi connectivity index (χ0) is 24.5. The predicted octanol–water partition coefficient (Wildman–Crippen LogP) is 8.61. The Labute approximate surface area is 230 Å². The fourth-order valence-electron chi connectivity index (χ4n) is 3.95. The van der Waals surface area contributed by atoms with Crippen molar-refractivity contribution in [2.24, 2.45) is 0 Å². The van der Waals surface area contributed by atoms with Crippen LogP contribution in [0.4, 0.5) is 0 Å². The molecular formula is C26H34O2S6. The third-order valence-corrected chi connectivity index (χ3v) is 15.1. The molecule has 2 fully saturated rings. The zero-order valence-corrected chi connectivity index (χ0v) is 24.8. The van der Waals surface area contributed by atoms with Gasteiger partial charge in [0.2, 0.25) is 10.2 Å². The molecule has 186 valence electrons. The molecule has 2 saturated heterocycles. The maximum Gasteiger partial charge on any atom is 0.211 e. The molecule has 0 amide bonds. The second-order valence-electron chi connectivity index (χ2n) is 8.33. The first-order valence-electron chi connectivity index (χ1n) is 11.8. The van der Waals surface area contributed by atoms with E-state index in [0.717, 1.165) is 37.2 Å². The van der Waals surface area contributed by atoms with Crippen LogP contribution in [-0.2, 0) is 9.59 Å². The Morgan fingerprint density at radius 2 is 1.35 bits per heavy atom. The van der Waals surface area contributed by atoms with Crippen molar-refractivity contribution in [3.63, 3.8) is 0 Å². The van der Waals surface area contributed by atoms with Crippen molar-refractivity contribution in [3.05, 3.63) is 60.7 Å². The van der Waals surface area contributed by atoms with E-state index in [2.05, 4.69) is 74.8 Å². The van der Waals surface area contributed by atoms with Gasteiger partial charge in [-0.15, -0.1) is 47.0 Å². The monoisotopic (exact) mass is 570 g/mol. The molecule has 8 heteroatoms. The van der Waals surface area contributed by atoms with Crippen molar-refractivity contribution in [2.45, 2.75) is 69.7 Å². The van der Waals surface area contributed by atoms with Crippen LogP contribution in [0.1, 0.15) is 59.8 Å². The molecule has 0 saturated carbocycles. The SMILES string of the molecule is C=CC(=O)SC(CC)CC1CSC(c2cccc(C3SCC(CC(CC)SC(=O)C=C)S3)c2)S1. The first kappa shape index (κ1) is 28.7. The van der Waals surface area contributed by atoms with Crippen LogP contribution < -0.4 is 0 Å². The van der Waals surface area contributed by atoms with Gasteiger partial charge in [-0.2, -0.15) is 0 Å². The average molecular weight is 571 g/mol. The number of thioether (sulfide) groups is 6. The van der Waals surface area contributed by atoms with Gasteiger partial charge in [-0.05, 0) is 49.0 Å². The summed E-state index contributed by atoms with van der Waals surface area (Å²) < 4.78 is 0.945. The Morgan fingerprint density at radius 1 is 0.912 bits per heavy atom. The predicted molar refractivity (Wildman–Crippen MR) is 163 cm³/mol. The summed E-state index contributed by atoms with van der Waals surface area (Å²) in [6.45, 7) is 11.6. The lowest BCUT2D eigenvalue weighted by Gasteiger charge is -2.18. The molecular weight excluding hydrogens is 537 g/mol. The number of carbonyl (C=O) groups excluding carboxylic acids is 2. The fourth-order valence-corrected chi connectivity index (χ4v) is 12.9. The van der Waals surface area contributed by atoms with E-state index >= 15 is 0 Å². The minimum atomic E-state index is 0.0905. The van der Waals surface area contributed by atoms with Gasteiger partial charge in [-0.1, -0.05) is 74.8 Å². The van der Waals surface area contributed by atoms with Gasteiger partial charge in [0.05, 0.1) is 9.16 Å². The largest absolute Gasteiger partial charge is 0.282 e. The number of carbonyl (C=O) groups is 2. The van der Waals surface area contributed by atoms with E-state index in [-0.39, 0.29) is 10.2 Å². The van der Waals surface area contributed by atoms with Crippen LogP contribution in [-0.4, -0.2) is 42.7 Å². The van der Waals surface area contributed by atoms with Gasteiger partial charge in [-0.25, -0.2) is 0 Å². The zero-order valence-electron chi connectivity index (χ0n) is 19.9. The fraction of sp³-hybridized carbons (Fsp3) is 0.538. The quantitative estimate of drug-likeness (QED) is 0.231. The van der Waals surface area contributed by atoms with E-state index in [1.807, 2.05) is 23.5 Å². The minimum absolute atomic E-state index is 0.0905. The van der Waals surface area contributed by atoms with E-state index in [4.69, 9.17) is 0 Å². The number of rotatable bonds is 12. The Balaban J connectivity index is 1.54.